The molecule has 1 heterocycles. The highest BCUT2D eigenvalue weighted by atomic mass is 79.9. The van der Waals surface area contributed by atoms with Crippen LogP contribution < -0.4 is 0 Å². The Bertz CT molecular complexity index is 520. The van der Waals surface area contributed by atoms with Gasteiger partial charge in [-0.15, -0.1) is 0 Å². The SMILES string of the molecule is N#CC1CC2(OCCO2)c2c(Br)ccc(F)c21. The Hall–Kier alpha value is -0.960. The van der Waals surface area contributed by atoms with Crippen molar-refractivity contribution in [3.05, 3.63) is 33.5 Å². The minimum Gasteiger partial charge on any atom is -0.343 e. The number of benzene rings is 1. The third-order valence-electron chi connectivity index (χ3n) is 3.25. The van der Waals surface area contributed by atoms with E-state index >= 15 is 0 Å². The average molecular weight is 298 g/mol. The fourth-order valence-electron chi connectivity index (χ4n) is 2.60. The average Bonchev–Trinajstić information content (AvgIpc) is 2.91. The van der Waals surface area contributed by atoms with Gasteiger partial charge in [-0.3, -0.25) is 0 Å². The number of nitrogens with zero attached hydrogens (tertiary/aromatic N) is 1. The van der Waals surface area contributed by atoms with Crippen LogP contribution in [-0.4, -0.2) is 13.2 Å². The first-order chi connectivity index (χ1) is 8.18. The van der Waals surface area contributed by atoms with Crippen LogP contribution in [0, 0.1) is 17.1 Å². The van der Waals surface area contributed by atoms with Gasteiger partial charge in [0.05, 0.1) is 25.2 Å². The normalized spacial score (nSPS) is 24.9. The highest BCUT2D eigenvalue weighted by Gasteiger charge is 2.51. The van der Waals surface area contributed by atoms with Crippen LogP contribution >= 0.6 is 15.9 Å². The molecule has 1 aromatic carbocycles. The predicted molar refractivity (Wildman–Crippen MR) is 60.7 cm³/mol. The standard InChI is InChI=1S/C12H9BrFNO2/c13-8-1-2-9(14)10-7(6-15)5-12(11(8)10)16-3-4-17-12/h1-2,7H,3-5H2. The van der Waals surface area contributed by atoms with E-state index in [1.165, 1.54) is 6.07 Å². The molecule has 0 radical (unpaired) electrons. The number of halogens is 2. The van der Waals surface area contributed by atoms with Gasteiger partial charge in [-0.05, 0) is 12.1 Å². The molecule has 3 nitrogen and oxygen atoms in total. The summed E-state index contributed by atoms with van der Waals surface area (Å²) in [5.74, 6) is -1.82. The van der Waals surface area contributed by atoms with Crippen molar-refractivity contribution in [2.24, 2.45) is 0 Å². The van der Waals surface area contributed by atoms with Crippen LogP contribution in [0.2, 0.25) is 0 Å². The molecule has 0 aromatic heterocycles. The molecule has 1 aromatic rings. The van der Waals surface area contributed by atoms with Gasteiger partial charge in [0.1, 0.15) is 5.82 Å². The van der Waals surface area contributed by atoms with Gasteiger partial charge in [0, 0.05) is 22.0 Å². The van der Waals surface area contributed by atoms with Crippen molar-refractivity contribution in [1.29, 1.82) is 5.26 Å². The first-order valence-corrected chi connectivity index (χ1v) is 6.13. The van der Waals surface area contributed by atoms with Gasteiger partial charge in [0.25, 0.3) is 0 Å². The van der Waals surface area contributed by atoms with Gasteiger partial charge < -0.3 is 9.47 Å². The van der Waals surface area contributed by atoms with E-state index < -0.39 is 11.7 Å². The highest BCUT2D eigenvalue weighted by molar-refractivity contribution is 9.10. The summed E-state index contributed by atoms with van der Waals surface area (Å²) in [6.45, 7) is 0.946. The summed E-state index contributed by atoms with van der Waals surface area (Å²) in [7, 11) is 0. The van der Waals surface area contributed by atoms with Crippen LogP contribution in [0.3, 0.4) is 0 Å². The van der Waals surface area contributed by atoms with E-state index in [1.807, 2.05) is 0 Å². The molecule has 0 amide bonds. The van der Waals surface area contributed by atoms with Crippen LogP contribution in [-0.2, 0) is 15.3 Å². The largest absolute Gasteiger partial charge is 0.343 e. The monoisotopic (exact) mass is 297 g/mol. The van der Waals surface area contributed by atoms with Crippen LogP contribution in [0.15, 0.2) is 16.6 Å². The molecule has 1 atom stereocenters. The van der Waals surface area contributed by atoms with Gasteiger partial charge in [0.2, 0.25) is 0 Å². The summed E-state index contributed by atoms with van der Waals surface area (Å²) < 4.78 is 25.8. The van der Waals surface area contributed by atoms with Crippen molar-refractivity contribution in [3.8, 4) is 6.07 Å². The lowest BCUT2D eigenvalue weighted by atomic mass is 10.0. The van der Waals surface area contributed by atoms with Gasteiger partial charge in [-0.2, -0.15) is 5.26 Å². The van der Waals surface area contributed by atoms with E-state index in [2.05, 4.69) is 22.0 Å². The first kappa shape index (κ1) is 11.1. The van der Waals surface area contributed by atoms with Gasteiger partial charge in [-0.25, -0.2) is 4.39 Å². The second-order valence-corrected chi connectivity index (χ2v) is 5.01. The number of nitriles is 1. The number of hydrogen-bond acceptors (Lipinski definition) is 3. The molecule has 1 fully saturated rings. The lowest BCUT2D eigenvalue weighted by Crippen LogP contribution is -2.24. The molecule has 0 N–H and O–H groups in total. The molecule has 1 spiro atoms. The van der Waals surface area contributed by atoms with E-state index in [0.717, 1.165) is 4.47 Å². The van der Waals surface area contributed by atoms with E-state index in [9.17, 15) is 4.39 Å². The van der Waals surface area contributed by atoms with Crippen LogP contribution in [0.5, 0.6) is 0 Å². The fourth-order valence-corrected chi connectivity index (χ4v) is 3.24. The van der Waals surface area contributed by atoms with Crippen molar-refractivity contribution >= 4 is 15.9 Å². The minimum absolute atomic E-state index is 0.359. The first-order valence-electron chi connectivity index (χ1n) is 5.34. The third-order valence-corrected chi connectivity index (χ3v) is 3.91. The topological polar surface area (TPSA) is 42.2 Å². The van der Waals surface area contributed by atoms with E-state index in [-0.39, 0.29) is 5.82 Å². The lowest BCUT2D eigenvalue weighted by molar-refractivity contribution is -0.164. The second kappa shape index (κ2) is 3.77. The molecule has 3 rings (SSSR count). The van der Waals surface area contributed by atoms with Gasteiger partial charge >= 0.3 is 0 Å². The van der Waals surface area contributed by atoms with Crippen molar-refractivity contribution in [3.63, 3.8) is 0 Å². The molecule has 5 heteroatoms. The lowest BCUT2D eigenvalue weighted by Gasteiger charge is -2.23. The molecule has 0 saturated carbocycles. The highest BCUT2D eigenvalue weighted by Crippen LogP contribution is 2.52. The van der Waals surface area contributed by atoms with E-state index in [1.54, 1.807) is 6.07 Å². The Morgan fingerprint density at radius 2 is 2.12 bits per heavy atom. The molecule has 1 saturated heterocycles. The molecule has 1 aliphatic carbocycles. The summed E-state index contributed by atoms with van der Waals surface area (Å²) in [5, 5.41) is 9.13. The summed E-state index contributed by atoms with van der Waals surface area (Å²) in [6.07, 6.45) is 0.359. The molecule has 88 valence electrons. The zero-order valence-electron chi connectivity index (χ0n) is 8.87. The number of ether oxygens (including phenoxy) is 2. The Balaban J connectivity index is 2.25. The summed E-state index contributed by atoms with van der Waals surface area (Å²) in [5.41, 5.74) is 1.05. The van der Waals surface area contributed by atoms with Crippen molar-refractivity contribution in [1.82, 2.24) is 0 Å². The summed E-state index contributed by atoms with van der Waals surface area (Å²) in [4.78, 5) is 0. The van der Waals surface area contributed by atoms with E-state index in [0.29, 0.717) is 30.8 Å². The maximum Gasteiger partial charge on any atom is 0.198 e. The quantitative estimate of drug-likeness (QED) is 0.739. The second-order valence-electron chi connectivity index (χ2n) is 4.15. The summed E-state index contributed by atoms with van der Waals surface area (Å²) in [6, 6.07) is 5.11. The zero-order valence-corrected chi connectivity index (χ0v) is 10.5. The Morgan fingerprint density at radius 3 is 2.76 bits per heavy atom. The predicted octanol–water partition coefficient (Wildman–Crippen LogP) is 2.80. The Kier molecular flexibility index (Phi) is 2.47. The van der Waals surface area contributed by atoms with Gasteiger partial charge in [-0.1, -0.05) is 15.9 Å². The van der Waals surface area contributed by atoms with Crippen molar-refractivity contribution in [2.45, 2.75) is 18.1 Å². The Morgan fingerprint density at radius 1 is 1.41 bits per heavy atom. The molecular weight excluding hydrogens is 289 g/mol. The molecular formula is C12H9BrFNO2. The van der Waals surface area contributed by atoms with E-state index in [4.69, 9.17) is 14.7 Å². The number of rotatable bonds is 0. The fraction of sp³-hybridized carbons (Fsp3) is 0.417. The number of hydrogen-bond donors (Lipinski definition) is 0. The van der Waals surface area contributed by atoms with Crippen LogP contribution in [0.1, 0.15) is 23.5 Å². The molecule has 1 aliphatic heterocycles. The van der Waals surface area contributed by atoms with Crippen LogP contribution in [0.4, 0.5) is 4.39 Å². The molecule has 0 bridgehead atoms. The zero-order chi connectivity index (χ0) is 12.0. The Labute approximate surface area is 106 Å². The van der Waals surface area contributed by atoms with Crippen molar-refractivity contribution < 1.29 is 13.9 Å². The summed E-state index contributed by atoms with van der Waals surface area (Å²) >= 11 is 3.39. The van der Waals surface area contributed by atoms with Crippen LogP contribution in [0.25, 0.3) is 0 Å². The number of fused-ring (bicyclic) bond motifs is 2. The van der Waals surface area contributed by atoms with Gasteiger partial charge in [0.15, 0.2) is 5.79 Å². The molecule has 2 aliphatic rings. The minimum atomic E-state index is -0.934. The molecule has 1 unspecified atom stereocenters. The maximum atomic E-state index is 13.9. The van der Waals surface area contributed by atoms with Crippen molar-refractivity contribution in [2.75, 3.05) is 13.2 Å². The molecule has 17 heavy (non-hydrogen) atoms. The smallest absolute Gasteiger partial charge is 0.198 e. The third kappa shape index (κ3) is 1.45. The maximum absolute atomic E-state index is 13.9.